The molecule has 1 saturated heterocycles. The van der Waals surface area contributed by atoms with Crippen LogP contribution in [0.1, 0.15) is 99.4 Å². The summed E-state index contributed by atoms with van der Waals surface area (Å²) in [4.78, 5) is 51.1. The first-order valence-electron chi connectivity index (χ1n) is 18.6. The van der Waals surface area contributed by atoms with Crippen LogP contribution in [0.4, 0.5) is 16.2 Å². The zero-order valence-electron chi connectivity index (χ0n) is 33.1. The molecule has 1 saturated carbocycles. The lowest BCUT2D eigenvalue weighted by Gasteiger charge is -2.50. The molecule has 0 bridgehead atoms. The number of carbonyl (C=O) groups excluding carboxylic acids is 3. The van der Waals surface area contributed by atoms with Crippen molar-refractivity contribution in [2.45, 2.75) is 95.1 Å². The van der Waals surface area contributed by atoms with Crippen molar-refractivity contribution in [3.8, 4) is 23.0 Å². The number of esters is 1. The fraction of sp³-hybridized carbons (Fsp3) is 0.625. The average Bonchev–Trinajstić information content (AvgIpc) is 3.62. The van der Waals surface area contributed by atoms with Gasteiger partial charge in [-0.05, 0) is 54.7 Å². The van der Waals surface area contributed by atoms with Gasteiger partial charge in [0.1, 0.15) is 17.4 Å². The van der Waals surface area contributed by atoms with Gasteiger partial charge in [-0.2, -0.15) is 0 Å². The minimum absolute atomic E-state index is 0.0628. The average molecular weight is 733 g/mol. The van der Waals surface area contributed by atoms with E-state index in [0.29, 0.717) is 61.7 Å². The highest BCUT2D eigenvalue weighted by Gasteiger charge is 2.48. The van der Waals surface area contributed by atoms with Crippen LogP contribution >= 0.6 is 0 Å². The van der Waals surface area contributed by atoms with Crippen LogP contribution in [0.3, 0.4) is 0 Å². The Kier molecular flexibility index (Phi) is 11.3. The van der Waals surface area contributed by atoms with Crippen LogP contribution in [0.5, 0.6) is 11.6 Å². The maximum absolute atomic E-state index is 14.6. The molecule has 1 aromatic carbocycles. The van der Waals surface area contributed by atoms with Crippen LogP contribution < -0.4 is 14.8 Å². The number of aromatic amines is 1. The number of hydrogen-bond acceptors (Lipinski definition) is 8. The summed E-state index contributed by atoms with van der Waals surface area (Å²) < 4.78 is 25.0. The van der Waals surface area contributed by atoms with E-state index < -0.39 is 23.6 Å². The summed E-state index contributed by atoms with van der Waals surface area (Å²) in [5, 5.41) is 6.12. The van der Waals surface area contributed by atoms with E-state index >= 15 is 0 Å². The third-order valence-corrected chi connectivity index (χ3v) is 10.3. The summed E-state index contributed by atoms with van der Waals surface area (Å²) in [6.07, 6.45) is 0.694. The monoisotopic (exact) mass is 732 g/mol. The maximum atomic E-state index is 14.6. The topological polar surface area (TPSA) is 141 Å². The fourth-order valence-electron chi connectivity index (χ4n) is 7.30. The smallest absolute Gasteiger partial charge is 0.415 e. The first-order valence-corrected chi connectivity index (χ1v) is 18.6. The minimum Gasteiger partial charge on any atom is -0.492 e. The molecule has 2 unspecified atom stereocenters. The molecule has 3 aromatic rings. The van der Waals surface area contributed by atoms with E-state index in [1.165, 1.54) is 9.42 Å². The van der Waals surface area contributed by atoms with Crippen LogP contribution in [0.25, 0.3) is 21.9 Å². The number of carbonyl (C=O) groups is 3. The number of H-pyrrole nitrogens is 1. The zero-order valence-corrected chi connectivity index (χ0v) is 33.1. The van der Waals surface area contributed by atoms with E-state index in [0.717, 1.165) is 12.8 Å². The number of benzene rings is 1. The van der Waals surface area contributed by atoms with E-state index in [9.17, 15) is 14.4 Å². The van der Waals surface area contributed by atoms with Crippen molar-refractivity contribution >= 4 is 35.0 Å². The molecule has 0 spiro atoms. The normalized spacial score (nSPS) is 21.2. The molecular formula is C40H56N6O7. The summed E-state index contributed by atoms with van der Waals surface area (Å²) in [5.74, 6) is 0.290. The molecule has 1 aliphatic carbocycles. The third kappa shape index (κ3) is 8.48. The molecule has 1 aliphatic heterocycles. The molecule has 288 valence electrons. The largest absolute Gasteiger partial charge is 0.492 e. The quantitative estimate of drug-likeness (QED) is 0.182. The molecule has 53 heavy (non-hydrogen) atoms. The van der Waals surface area contributed by atoms with E-state index in [2.05, 4.69) is 63.7 Å². The number of fused-ring (bicyclic) bond motifs is 1. The number of ether oxygens (including phenoxy) is 4. The molecule has 2 aliphatic rings. The van der Waals surface area contributed by atoms with Crippen molar-refractivity contribution in [1.82, 2.24) is 19.5 Å². The first kappa shape index (κ1) is 39.6. The third-order valence-electron chi connectivity index (χ3n) is 10.3. The molecule has 3 heterocycles. The van der Waals surface area contributed by atoms with Gasteiger partial charge in [0.05, 0.1) is 32.1 Å². The highest BCUT2D eigenvalue weighted by molar-refractivity contribution is 6.05. The number of nitrogens with zero attached hydrogens (tertiary/aromatic N) is 4. The lowest BCUT2D eigenvalue weighted by atomic mass is 9.59. The zero-order chi connectivity index (χ0) is 39.0. The Hall–Kier alpha value is -4.57. The van der Waals surface area contributed by atoms with Gasteiger partial charge in [-0.1, -0.05) is 69.2 Å². The van der Waals surface area contributed by atoms with E-state index in [1.807, 2.05) is 27.7 Å². The Labute approximate surface area is 312 Å². The van der Waals surface area contributed by atoms with Crippen LogP contribution in [-0.2, 0) is 14.3 Å². The first-order chi connectivity index (χ1) is 24.7. The van der Waals surface area contributed by atoms with Crippen molar-refractivity contribution < 1.29 is 33.3 Å². The van der Waals surface area contributed by atoms with Crippen LogP contribution in [-0.4, -0.2) is 76.5 Å². The Balaban J connectivity index is 1.64. The summed E-state index contributed by atoms with van der Waals surface area (Å²) in [6, 6.07) is 5.23. The van der Waals surface area contributed by atoms with Gasteiger partial charge in [-0.15, -0.1) is 0 Å². The maximum Gasteiger partial charge on any atom is 0.415 e. The SMILES string of the molecule is [C-]#[N+]c1c(C(=O)OC2C(C(C)(C)C)CC(C)CC2C(C)(C)C)c2nc(-c3ccc(OCC)c(NC(=O)C(C)(C)C)c3)[nH]n2c1OC(=O)N1CCOCC1. The standard InChI is InChI=1S/C40H56N6O7/c1-13-51-28-15-14-24(22-27(28)42-36(48)40(9,10)11)32-43-33-29(30(41-12)34(46(33)44-32)53-37(49)45-16-18-50-19-17-45)35(47)52-31-25(38(3,4)5)20-23(2)21-26(31)39(6,7)8/h14-15,22-23,25-26,31H,13,16-21H2,1-11H3,(H,42,48)(H,43,44). The number of hydrogen-bond donors (Lipinski definition) is 2. The van der Waals surface area contributed by atoms with Crippen molar-refractivity contribution in [2.75, 3.05) is 38.2 Å². The van der Waals surface area contributed by atoms with E-state index in [1.54, 1.807) is 18.2 Å². The second-order valence-corrected chi connectivity index (χ2v) is 17.6. The van der Waals surface area contributed by atoms with Gasteiger partial charge in [0, 0.05) is 35.9 Å². The van der Waals surface area contributed by atoms with Gasteiger partial charge >= 0.3 is 12.1 Å². The summed E-state index contributed by atoms with van der Waals surface area (Å²) in [5.41, 5.74) is -0.161. The summed E-state index contributed by atoms with van der Waals surface area (Å²) in [7, 11) is 0. The molecule has 2 N–H and O–H groups in total. The van der Waals surface area contributed by atoms with Gasteiger partial charge in [0.15, 0.2) is 11.5 Å². The molecular weight excluding hydrogens is 676 g/mol. The number of anilines is 1. The number of aromatic nitrogens is 3. The Morgan fingerprint density at radius 1 is 1.02 bits per heavy atom. The molecule has 2 atom stereocenters. The van der Waals surface area contributed by atoms with E-state index in [-0.39, 0.29) is 51.4 Å². The van der Waals surface area contributed by atoms with Crippen LogP contribution in [0, 0.1) is 40.6 Å². The molecule has 5 rings (SSSR count). The lowest BCUT2D eigenvalue weighted by molar-refractivity contribution is -0.123. The molecule has 2 aromatic heterocycles. The molecule has 13 nitrogen and oxygen atoms in total. The molecule has 2 amide bonds. The van der Waals surface area contributed by atoms with Gasteiger partial charge in [0.25, 0.3) is 5.69 Å². The Morgan fingerprint density at radius 3 is 2.19 bits per heavy atom. The van der Waals surface area contributed by atoms with Crippen molar-refractivity contribution in [2.24, 2.45) is 34.0 Å². The van der Waals surface area contributed by atoms with Gasteiger partial charge in [-0.25, -0.2) is 23.9 Å². The van der Waals surface area contributed by atoms with E-state index in [4.69, 9.17) is 30.5 Å². The second kappa shape index (κ2) is 15.0. The van der Waals surface area contributed by atoms with Crippen molar-refractivity contribution in [3.63, 3.8) is 0 Å². The van der Waals surface area contributed by atoms with Gasteiger partial charge in [-0.3, -0.25) is 9.89 Å². The summed E-state index contributed by atoms with van der Waals surface area (Å²) in [6.45, 7) is 32.6. The predicted octanol–water partition coefficient (Wildman–Crippen LogP) is 8.37. The predicted molar refractivity (Wildman–Crippen MR) is 202 cm³/mol. The fourth-order valence-corrected chi connectivity index (χ4v) is 7.30. The molecule has 0 radical (unpaired) electrons. The second-order valence-electron chi connectivity index (χ2n) is 17.6. The number of amides is 2. The highest BCUT2D eigenvalue weighted by Crippen LogP contribution is 2.50. The highest BCUT2D eigenvalue weighted by atomic mass is 16.6. The van der Waals surface area contributed by atoms with Crippen molar-refractivity contribution in [3.05, 3.63) is 35.2 Å². The van der Waals surface area contributed by atoms with Crippen LogP contribution in [0.15, 0.2) is 18.2 Å². The Morgan fingerprint density at radius 2 is 1.64 bits per heavy atom. The van der Waals surface area contributed by atoms with Gasteiger partial charge < -0.3 is 29.2 Å². The lowest BCUT2D eigenvalue weighted by Crippen LogP contribution is -2.49. The molecule has 13 heteroatoms. The minimum atomic E-state index is -0.701. The van der Waals surface area contributed by atoms with Crippen molar-refractivity contribution in [1.29, 1.82) is 0 Å². The number of rotatable bonds is 7. The van der Waals surface area contributed by atoms with Crippen LogP contribution in [0.2, 0.25) is 0 Å². The summed E-state index contributed by atoms with van der Waals surface area (Å²) >= 11 is 0. The van der Waals surface area contributed by atoms with Gasteiger partial charge in [0.2, 0.25) is 11.8 Å². The molecule has 2 fully saturated rings. The number of nitrogens with one attached hydrogen (secondary N) is 2. The number of morpholine rings is 1. The Bertz CT molecular complexity index is 1850.